The van der Waals surface area contributed by atoms with Crippen molar-refractivity contribution in [2.75, 3.05) is 24.3 Å². The number of nitrogen functional groups attached to an aromatic ring is 1. The zero-order valence-electron chi connectivity index (χ0n) is 11.1. The van der Waals surface area contributed by atoms with Gasteiger partial charge in [0.2, 0.25) is 0 Å². The molecule has 0 fully saturated rings. The van der Waals surface area contributed by atoms with Gasteiger partial charge >= 0.3 is 0 Å². The lowest BCUT2D eigenvalue weighted by molar-refractivity contribution is 0.414. The van der Waals surface area contributed by atoms with Gasteiger partial charge in [0.05, 0.1) is 7.11 Å². The second kappa shape index (κ2) is 4.84. The first kappa shape index (κ1) is 11.9. The van der Waals surface area contributed by atoms with Gasteiger partial charge in [-0.2, -0.15) is 0 Å². The molecule has 3 heteroatoms. The SMILES string of the molecule is COc1cccc(CN2CCc3ccc(N)cc32)c1. The number of ether oxygens (including phenoxy) is 1. The van der Waals surface area contributed by atoms with Crippen molar-refractivity contribution in [2.45, 2.75) is 13.0 Å². The lowest BCUT2D eigenvalue weighted by Crippen LogP contribution is -2.19. The summed E-state index contributed by atoms with van der Waals surface area (Å²) in [5, 5.41) is 0. The highest BCUT2D eigenvalue weighted by Crippen LogP contribution is 2.31. The predicted octanol–water partition coefficient (Wildman–Crippen LogP) is 2.84. The van der Waals surface area contributed by atoms with Crippen molar-refractivity contribution in [3.8, 4) is 5.75 Å². The number of benzene rings is 2. The second-order valence-electron chi connectivity index (χ2n) is 4.91. The molecule has 3 rings (SSSR count). The molecule has 0 saturated heterocycles. The zero-order valence-corrected chi connectivity index (χ0v) is 11.1. The van der Waals surface area contributed by atoms with Crippen molar-refractivity contribution in [3.05, 3.63) is 53.6 Å². The van der Waals surface area contributed by atoms with E-state index in [2.05, 4.69) is 29.2 Å². The van der Waals surface area contributed by atoms with Gasteiger partial charge in [0, 0.05) is 24.5 Å². The van der Waals surface area contributed by atoms with E-state index in [1.54, 1.807) is 7.11 Å². The Bertz CT molecular complexity index is 595. The fourth-order valence-electron chi connectivity index (χ4n) is 2.62. The number of fused-ring (bicyclic) bond motifs is 1. The van der Waals surface area contributed by atoms with Crippen LogP contribution in [0.3, 0.4) is 0 Å². The minimum Gasteiger partial charge on any atom is -0.497 e. The Morgan fingerprint density at radius 3 is 2.95 bits per heavy atom. The quantitative estimate of drug-likeness (QED) is 0.856. The molecule has 0 aliphatic carbocycles. The van der Waals surface area contributed by atoms with Crippen LogP contribution in [-0.2, 0) is 13.0 Å². The largest absolute Gasteiger partial charge is 0.497 e. The van der Waals surface area contributed by atoms with Gasteiger partial charge in [0.1, 0.15) is 5.75 Å². The van der Waals surface area contributed by atoms with E-state index in [0.717, 1.165) is 30.9 Å². The van der Waals surface area contributed by atoms with Gasteiger partial charge in [0.25, 0.3) is 0 Å². The average molecular weight is 254 g/mol. The Kier molecular flexibility index (Phi) is 3.03. The minimum atomic E-state index is 0.830. The summed E-state index contributed by atoms with van der Waals surface area (Å²) < 4.78 is 5.27. The first-order chi connectivity index (χ1) is 9.26. The van der Waals surface area contributed by atoms with Crippen molar-refractivity contribution in [3.63, 3.8) is 0 Å². The fourth-order valence-corrected chi connectivity index (χ4v) is 2.62. The maximum Gasteiger partial charge on any atom is 0.119 e. The van der Waals surface area contributed by atoms with Gasteiger partial charge < -0.3 is 15.4 Å². The highest BCUT2D eigenvalue weighted by molar-refractivity contribution is 5.64. The van der Waals surface area contributed by atoms with Crippen LogP contribution < -0.4 is 15.4 Å². The summed E-state index contributed by atoms with van der Waals surface area (Å²) >= 11 is 0. The Hall–Kier alpha value is -2.16. The van der Waals surface area contributed by atoms with E-state index in [1.807, 2.05) is 18.2 Å². The maximum atomic E-state index is 5.89. The molecule has 0 aromatic heterocycles. The molecule has 0 amide bonds. The number of anilines is 2. The third-order valence-electron chi connectivity index (χ3n) is 3.61. The molecule has 19 heavy (non-hydrogen) atoms. The molecule has 0 atom stereocenters. The Morgan fingerprint density at radius 2 is 2.11 bits per heavy atom. The molecule has 0 spiro atoms. The third-order valence-corrected chi connectivity index (χ3v) is 3.61. The number of nitrogens with two attached hydrogens (primary N) is 1. The number of nitrogens with zero attached hydrogens (tertiary/aromatic N) is 1. The van der Waals surface area contributed by atoms with Gasteiger partial charge in [-0.3, -0.25) is 0 Å². The highest BCUT2D eigenvalue weighted by Gasteiger charge is 2.19. The zero-order chi connectivity index (χ0) is 13.2. The van der Waals surface area contributed by atoms with E-state index >= 15 is 0 Å². The third kappa shape index (κ3) is 2.36. The molecule has 0 bridgehead atoms. The summed E-state index contributed by atoms with van der Waals surface area (Å²) in [6.45, 7) is 1.95. The number of methoxy groups -OCH3 is 1. The summed E-state index contributed by atoms with van der Waals surface area (Å²) in [5.41, 5.74) is 10.6. The molecular weight excluding hydrogens is 236 g/mol. The topological polar surface area (TPSA) is 38.5 Å². The fraction of sp³-hybridized carbons (Fsp3) is 0.250. The molecular formula is C16H18N2O. The molecule has 98 valence electrons. The molecule has 1 heterocycles. The number of hydrogen-bond donors (Lipinski definition) is 1. The van der Waals surface area contributed by atoms with Crippen LogP contribution in [0.1, 0.15) is 11.1 Å². The van der Waals surface area contributed by atoms with Gasteiger partial charge in [-0.1, -0.05) is 18.2 Å². The Balaban J connectivity index is 1.84. The first-order valence-electron chi connectivity index (χ1n) is 6.52. The van der Waals surface area contributed by atoms with Crippen molar-refractivity contribution >= 4 is 11.4 Å². The normalized spacial score (nSPS) is 13.4. The summed E-state index contributed by atoms with van der Waals surface area (Å²) in [7, 11) is 1.70. The Labute approximate surface area is 113 Å². The van der Waals surface area contributed by atoms with Crippen LogP contribution in [0, 0.1) is 0 Å². The van der Waals surface area contributed by atoms with Gasteiger partial charge in [0.15, 0.2) is 0 Å². The molecule has 2 aromatic carbocycles. The summed E-state index contributed by atoms with van der Waals surface area (Å²) in [6, 6.07) is 14.4. The molecule has 2 aromatic rings. The van der Waals surface area contributed by atoms with Crippen LogP contribution in [0.5, 0.6) is 5.75 Å². The molecule has 1 aliphatic heterocycles. The van der Waals surface area contributed by atoms with Crippen LogP contribution in [0.2, 0.25) is 0 Å². The van der Waals surface area contributed by atoms with Crippen molar-refractivity contribution in [1.29, 1.82) is 0 Å². The molecule has 0 saturated carbocycles. The molecule has 2 N–H and O–H groups in total. The van der Waals surface area contributed by atoms with E-state index in [0.29, 0.717) is 0 Å². The van der Waals surface area contributed by atoms with E-state index in [1.165, 1.54) is 16.8 Å². The molecule has 0 unspecified atom stereocenters. The average Bonchev–Trinajstić information content (AvgIpc) is 2.81. The van der Waals surface area contributed by atoms with Crippen molar-refractivity contribution in [1.82, 2.24) is 0 Å². The van der Waals surface area contributed by atoms with Gasteiger partial charge in [-0.25, -0.2) is 0 Å². The van der Waals surface area contributed by atoms with Gasteiger partial charge in [-0.05, 0) is 41.8 Å². The van der Waals surface area contributed by atoms with Crippen LogP contribution in [-0.4, -0.2) is 13.7 Å². The van der Waals surface area contributed by atoms with Crippen LogP contribution in [0.25, 0.3) is 0 Å². The van der Waals surface area contributed by atoms with E-state index in [4.69, 9.17) is 10.5 Å². The molecule has 0 radical (unpaired) electrons. The summed E-state index contributed by atoms with van der Waals surface area (Å²) in [6.07, 6.45) is 1.10. The lowest BCUT2D eigenvalue weighted by atomic mass is 10.1. The van der Waals surface area contributed by atoms with Crippen LogP contribution in [0.15, 0.2) is 42.5 Å². The van der Waals surface area contributed by atoms with Crippen molar-refractivity contribution < 1.29 is 4.74 Å². The van der Waals surface area contributed by atoms with Crippen LogP contribution >= 0.6 is 0 Å². The number of rotatable bonds is 3. The maximum absolute atomic E-state index is 5.89. The Morgan fingerprint density at radius 1 is 1.21 bits per heavy atom. The number of hydrogen-bond acceptors (Lipinski definition) is 3. The summed E-state index contributed by atoms with van der Waals surface area (Å²) in [4.78, 5) is 2.38. The first-order valence-corrected chi connectivity index (χ1v) is 6.52. The van der Waals surface area contributed by atoms with Gasteiger partial charge in [-0.15, -0.1) is 0 Å². The molecule has 3 nitrogen and oxygen atoms in total. The predicted molar refractivity (Wildman–Crippen MR) is 78.6 cm³/mol. The van der Waals surface area contributed by atoms with E-state index < -0.39 is 0 Å². The lowest BCUT2D eigenvalue weighted by Gasteiger charge is -2.20. The van der Waals surface area contributed by atoms with Crippen molar-refractivity contribution in [2.24, 2.45) is 0 Å². The van der Waals surface area contributed by atoms with E-state index in [9.17, 15) is 0 Å². The summed E-state index contributed by atoms with van der Waals surface area (Å²) in [5.74, 6) is 0.907. The monoisotopic (exact) mass is 254 g/mol. The standard InChI is InChI=1S/C16H18N2O/c1-19-15-4-2-3-12(9-15)11-18-8-7-13-5-6-14(17)10-16(13)18/h2-6,9-10H,7-8,11,17H2,1H3. The van der Waals surface area contributed by atoms with Crippen LogP contribution in [0.4, 0.5) is 11.4 Å². The smallest absolute Gasteiger partial charge is 0.119 e. The second-order valence-corrected chi connectivity index (χ2v) is 4.91. The molecule has 1 aliphatic rings. The minimum absolute atomic E-state index is 0.830. The highest BCUT2D eigenvalue weighted by atomic mass is 16.5. The van der Waals surface area contributed by atoms with E-state index in [-0.39, 0.29) is 0 Å².